The summed E-state index contributed by atoms with van der Waals surface area (Å²) in [6.07, 6.45) is -0.720. The summed E-state index contributed by atoms with van der Waals surface area (Å²) in [6.45, 7) is 8.48. The van der Waals surface area contributed by atoms with Crippen molar-refractivity contribution in [3.63, 3.8) is 0 Å². The van der Waals surface area contributed by atoms with E-state index in [1.54, 1.807) is 6.92 Å². The number of rotatable bonds is 2. The van der Waals surface area contributed by atoms with Gasteiger partial charge in [0, 0.05) is 0 Å². The quantitative estimate of drug-likeness (QED) is 0.719. The Kier molecular flexibility index (Phi) is 5.31. The summed E-state index contributed by atoms with van der Waals surface area (Å²) in [4.78, 5) is 0. The normalized spacial score (nSPS) is 45.6. The number of hydrogen-bond acceptors (Lipinski definition) is 5. The van der Waals surface area contributed by atoms with Crippen molar-refractivity contribution in [1.29, 1.82) is 0 Å². The minimum Gasteiger partial charge on any atom is -0.388 e. The van der Waals surface area contributed by atoms with Crippen molar-refractivity contribution >= 4 is 0 Å². The number of ether oxygens (including phenoxy) is 2. The Balaban J connectivity index is 1.86. The monoisotopic (exact) mass is 302 g/mol. The van der Waals surface area contributed by atoms with Gasteiger partial charge in [-0.2, -0.15) is 0 Å². The maximum atomic E-state index is 9.98. The van der Waals surface area contributed by atoms with E-state index >= 15 is 0 Å². The molecule has 5 heteroatoms. The molecule has 2 fully saturated rings. The van der Waals surface area contributed by atoms with E-state index in [0.29, 0.717) is 11.3 Å². The average molecular weight is 302 g/mol. The summed E-state index contributed by atoms with van der Waals surface area (Å²) in [5, 5.41) is 29.5. The van der Waals surface area contributed by atoms with Crippen LogP contribution in [0.15, 0.2) is 0 Å². The van der Waals surface area contributed by atoms with Crippen molar-refractivity contribution < 1.29 is 24.8 Å². The fourth-order valence-electron chi connectivity index (χ4n) is 3.38. The number of aliphatic hydroxyl groups excluding tert-OH is 3. The Morgan fingerprint density at radius 2 is 1.48 bits per heavy atom. The molecule has 1 saturated carbocycles. The van der Waals surface area contributed by atoms with Crippen LogP contribution < -0.4 is 0 Å². The molecule has 0 aromatic carbocycles. The van der Waals surface area contributed by atoms with Crippen LogP contribution in [-0.2, 0) is 9.47 Å². The summed E-state index contributed by atoms with van der Waals surface area (Å²) in [7, 11) is 0. The standard InChI is InChI=1S/C16H30O5/c1-9-12(17)13(18)14(19)15(20-9)21-11-7-5-10(6-8-11)16(2,3)4/h9-15,17-19H,5-8H2,1-4H3/t9-,10?,11?,12+,13+,14-,15+/m1/s1. The molecule has 0 amide bonds. The van der Waals surface area contributed by atoms with Gasteiger partial charge in [-0.15, -0.1) is 0 Å². The number of aliphatic hydroxyl groups is 3. The van der Waals surface area contributed by atoms with Gasteiger partial charge in [0.1, 0.15) is 18.3 Å². The predicted molar refractivity (Wildman–Crippen MR) is 78.6 cm³/mol. The van der Waals surface area contributed by atoms with Crippen molar-refractivity contribution in [3.8, 4) is 0 Å². The summed E-state index contributed by atoms with van der Waals surface area (Å²) in [6, 6.07) is 0. The van der Waals surface area contributed by atoms with Gasteiger partial charge in [0.2, 0.25) is 0 Å². The van der Waals surface area contributed by atoms with Gasteiger partial charge in [-0.05, 0) is 43.9 Å². The molecule has 0 aromatic rings. The summed E-state index contributed by atoms with van der Waals surface area (Å²) < 4.78 is 11.3. The van der Waals surface area contributed by atoms with Crippen LogP contribution in [0.25, 0.3) is 0 Å². The van der Waals surface area contributed by atoms with Gasteiger partial charge in [-0.25, -0.2) is 0 Å². The second-order valence-corrected chi connectivity index (χ2v) is 7.66. The highest BCUT2D eigenvalue weighted by Crippen LogP contribution is 2.39. The SMILES string of the molecule is C[C@H]1O[C@@H](OC2CCC(C(C)(C)C)CC2)[C@H](O)[C@@H](O)[C@H]1O. The lowest BCUT2D eigenvalue weighted by atomic mass is 9.72. The van der Waals surface area contributed by atoms with Crippen LogP contribution in [-0.4, -0.2) is 52.1 Å². The van der Waals surface area contributed by atoms with Crippen LogP contribution in [0.5, 0.6) is 0 Å². The maximum Gasteiger partial charge on any atom is 0.186 e. The summed E-state index contributed by atoms with van der Waals surface area (Å²) >= 11 is 0. The van der Waals surface area contributed by atoms with Crippen molar-refractivity contribution in [1.82, 2.24) is 0 Å². The zero-order chi connectivity index (χ0) is 15.8. The molecule has 3 N–H and O–H groups in total. The zero-order valence-corrected chi connectivity index (χ0v) is 13.5. The Bertz CT molecular complexity index is 332. The molecule has 1 aliphatic carbocycles. The molecule has 0 radical (unpaired) electrons. The van der Waals surface area contributed by atoms with Crippen LogP contribution in [0, 0.1) is 11.3 Å². The third-order valence-corrected chi connectivity index (χ3v) is 5.03. The van der Waals surface area contributed by atoms with Gasteiger partial charge in [0.25, 0.3) is 0 Å². The Morgan fingerprint density at radius 3 is 2.00 bits per heavy atom. The van der Waals surface area contributed by atoms with E-state index in [1.807, 2.05) is 0 Å². The largest absolute Gasteiger partial charge is 0.388 e. The number of hydrogen-bond donors (Lipinski definition) is 3. The molecule has 0 spiro atoms. The minimum absolute atomic E-state index is 0.0536. The van der Waals surface area contributed by atoms with Gasteiger partial charge in [0.05, 0.1) is 12.2 Å². The van der Waals surface area contributed by atoms with Crippen LogP contribution in [0.2, 0.25) is 0 Å². The minimum atomic E-state index is -1.22. The molecule has 1 heterocycles. The molecular formula is C16H30O5. The van der Waals surface area contributed by atoms with Gasteiger partial charge in [-0.3, -0.25) is 0 Å². The molecule has 0 bridgehead atoms. The fourth-order valence-corrected chi connectivity index (χ4v) is 3.38. The molecule has 1 saturated heterocycles. The molecule has 0 unspecified atom stereocenters. The fraction of sp³-hybridized carbons (Fsp3) is 1.00. The summed E-state index contributed by atoms with van der Waals surface area (Å²) in [5.74, 6) is 0.695. The molecule has 21 heavy (non-hydrogen) atoms. The second kappa shape index (κ2) is 6.50. The lowest BCUT2D eigenvalue weighted by molar-refractivity contribution is -0.306. The summed E-state index contributed by atoms with van der Waals surface area (Å²) in [5.41, 5.74) is 0.320. The first-order valence-electron chi connectivity index (χ1n) is 8.05. The first-order chi connectivity index (χ1) is 9.70. The van der Waals surface area contributed by atoms with Crippen LogP contribution in [0.3, 0.4) is 0 Å². The molecule has 0 aromatic heterocycles. The van der Waals surface area contributed by atoms with E-state index in [0.717, 1.165) is 25.7 Å². The van der Waals surface area contributed by atoms with Gasteiger partial charge < -0.3 is 24.8 Å². The van der Waals surface area contributed by atoms with Crippen LogP contribution in [0.1, 0.15) is 53.4 Å². The molecule has 1 aliphatic heterocycles. The smallest absolute Gasteiger partial charge is 0.186 e. The van der Waals surface area contributed by atoms with Crippen LogP contribution >= 0.6 is 0 Å². The van der Waals surface area contributed by atoms with Crippen molar-refractivity contribution in [2.24, 2.45) is 11.3 Å². The van der Waals surface area contributed by atoms with E-state index in [2.05, 4.69) is 20.8 Å². The highest BCUT2D eigenvalue weighted by Gasteiger charge is 2.43. The highest BCUT2D eigenvalue weighted by molar-refractivity contribution is 4.88. The third-order valence-electron chi connectivity index (χ3n) is 5.03. The van der Waals surface area contributed by atoms with Crippen molar-refractivity contribution in [3.05, 3.63) is 0 Å². The Morgan fingerprint density at radius 1 is 0.905 bits per heavy atom. The molecular weight excluding hydrogens is 272 g/mol. The van der Waals surface area contributed by atoms with Gasteiger partial charge >= 0.3 is 0 Å². The first-order valence-corrected chi connectivity index (χ1v) is 8.05. The van der Waals surface area contributed by atoms with E-state index in [-0.39, 0.29) is 6.10 Å². The van der Waals surface area contributed by atoms with Crippen LogP contribution in [0.4, 0.5) is 0 Å². The topological polar surface area (TPSA) is 79.2 Å². The first kappa shape index (κ1) is 17.2. The molecule has 2 rings (SSSR count). The molecule has 5 atom stereocenters. The van der Waals surface area contributed by atoms with E-state index in [1.165, 1.54) is 0 Å². The molecule has 2 aliphatic rings. The Hall–Kier alpha value is -0.200. The van der Waals surface area contributed by atoms with Crippen molar-refractivity contribution in [2.45, 2.75) is 90.2 Å². The lowest BCUT2D eigenvalue weighted by Crippen LogP contribution is -2.58. The molecule has 124 valence electrons. The van der Waals surface area contributed by atoms with Gasteiger partial charge in [0.15, 0.2) is 6.29 Å². The van der Waals surface area contributed by atoms with E-state index < -0.39 is 30.7 Å². The zero-order valence-electron chi connectivity index (χ0n) is 13.5. The van der Waals surface area contributed by atoms with Crippen molar-refractivity contribution in [2.75, 3.05) is 0 Å². The molecule has 5 nitrogen and oxygen atoms in total. The van der Waals surface area contributed by atoms with Gasteiger partial charge in [-0.1, -0.05) is 20.8 Å². The third kappa shape index (κ3) is 3.96. The predicted octanol–water partition coefficient (Wildman–Crippen LogP) is 1.44. The average Bonchev–Trinajstić information content (AvgIpc) is 2.42. The maximum absolute atomic E-state index is 9.98. The van der Waals surface area contributed by atoms with E-state index in [9.17, 15) is 15.3 Å². The van der Waals surface area contributed by atoms with E-state index in [4.69, 9.17) is 9.47 Å². The Labute approximate surface area is 127 Å². The second-order valence-electron chi connectivity index (χ2n) is 7.66. The highest BCUT2D eigenvalue weighted by atomic mass is 16.7. The lowest BCUT2D eigenvalue weighted by Gasteiger charge is -2.42.